The molecule has 6 heteroatoms. The highest BCUT2D eigenvalue weighted by atomic mass is 32.1. The SMILES string of the molecule is CCOc1c(N)nsc1N1CCC(CO)CC1. The minimum absolute atomic E-state index is 0.289. The smallest absolute Gasteiger partial charge is 0.197 e. The van der Waals surface area contributed by atoms with Crippen LogP contribution in [0.1, 0.15) is 19.8 Å². The molecule has 1 fully saturated rings. The Hall–Kier alpha value is -1.01. The number of ether oxygens (including phenoxy) is 1. The molecule has 0 spiro atoms. The van der Waals surface area contributed by atoms with Crippen molar-refractivity contribution in [1.82, 2.24) is 4.37 Å². The van der Waals surface area contributed by atoms with E-state index in [1.165, 1.54) is 11.5 Å². The molecule has 0 radical (unpaired) electrons. The van der Waals surface area contributed by atoms with E-state index in [0.717, 1.165) is 36.7 Å². The van der Waals surface area contributed by atoms with Crippen molar-refractivity contribution in [3.8, 4) is 5.75 Å². The van der Waals surface area contributed by atoms with Gasteiger partial charge in [-0.3, -0.25) is 0 Å². The lowest BCUT2D eigenvalue weighted by Gasteiger charge is -2.31. The highest BCUT2D eigenvalue weighted by Crippen LogP contribution is 2.39. The maximum atomic E-state index is 9.12. The third-order valence-corrected chi connectivity index (χ3v) is 4.01. The second-order valence-corrected chi connectivity index (χ2v) is 5.00. The average Bonchev–Trinajstić information content (AvgIpc) is 2.72. The van der Waals surface area contributed by atoms with Crippen LogP contribution in [0, 0.1) is 5.92 Å². The molecule has 0 atom stereocenters. The molecule has 0 bridgehead atoms. The van der Waals surface area contributed by atoms with Crippen molar-refractivity contribution in [2.75, 3.05) is 36.9 Å². The van der Waals surface area contributed by atoms with Crippen molar-refractivity contribution in [3.05, 3.63) is 0 Å². The summed E-state index contributed by atoms with van der Waals surface area (Å²) in [5.74, 6) is 1.64. The molecule has 1 aromatic rings. The summed E-state index contributed by atoms with van der Waals surface area (Å²) in [5, 5.41) is 10.1. The molecule has 0 unspecified atom stereocenters. The molecule has 1 saturated heterocycles. The lowest BCUT2D eigenvalue weighted by atomic mass is 9.98. The van der Waals surface area contributed by atoms with Gasteiger partial charge in [0.2, 0.25) is 0 Å². The molecule has 0 aliphatic carbocycles. The van der Waals surface area contributed by atoms with Gasteiger partial charge in [-0.05, 0) is 37.2 Å². The van der Waals surface area contributed by atoms with Gasteiger partial charge < -0.3 is 20.5 Å². The van der Waals surface area contributed by atoms with Gasteiger partial charge >= 0.3 is 0 Å². The number of nitrogens with zero attached hydrogens (tertiary/aromatic N) is 2. The number of hydrogen-bond acceptors (Lipinski definition) is 6. The lowest BCUT2D eigenvalue weighted by molar-refractivity contribution is 0.203. The van der Waals surface area contributed by atoms with Gasteiger partial charge in [-0.15, -0.1) is 0 Å². The van der Waals surface area contributed by atoms with E-state index in [1.807, 2.05) is 6.92 Å². The van der Waals surface area contributed by atoms with E-state index in [-0.39, 0.29) is 6.61 Å². The fourth-order valence-electron chi connectivity index (χ4n) is 2.08. The van der Waals surface area contributed by atoms with Gasteiger partial charge in [0.1, 0.15) is 0 Å². The number of hydrogen-bond donors (Lipinski definition) is 2. The van der Waals surface area contributed by atoms with Gasteiger partial charge in [-0.1, -0.05) is 0 Å². The predicted molar refractivity (Wildman–Crippen MR) is 69.7 cm³/mol. The van der Waals surface area contributed by atoms with Crippen molar-refractivity contribution in [3.63, 3.8) is 0 Å². The summed E-state index contributed by atoms with van der Waals surface area (Å²) in [5.41, 5.74) is 5.80. The molecule has 17 heavy (non-hydrogen) atoms. The largest absolute Gasteiger partial charge is 0.487 e. The fraction of sp³-hybridized carbons (Fsp3) is 0.727. The number of aliphatic hydroxyl groups excluding tert-OH is 1. The normalized spacial score (nSPS) is 17.4. The quantitative estimate of drug-likeness (QED) is 0.851. The summed E-state index contributed by atoms with van der Waals surface area (Å²) in [6.07, 6.45) is 2.03. The number of nitrogens with two attached hydrogens (primary N) is 1. The molecule has 0 saturated carbocycles. The molecule has 0 amide bonds. The van der Waals surface area contributed by atoms with E-state index in [4.69, 9.17) is 15.6 Å². The van der Waals surface area contributed by atoms with E-state index >= 15 is 0 Å². The number of nitrogen functional groups attached to an aromatic ring is 1. The number of aliphatic hydroxyl groups is 1. The first kappa shape index (κ1) is 12.4. The maximum absolute atomic E-state index is 9.12. The van der Waals surface area contributed by atoms with Crippen molar-refractivity contribution in [2.45, 2.75) is 19.8 Å². The molecule has 2 heterocycles. The molecule has 3 N–H and O–H groups in total. The van der Waals surface area contributed by atoms with Crippen LogP contribution in [0.3, 0.4) is 0 Å². The molecule has 1 aliphatic rings. The molecule has 1 aliphatic heterocycles. The fourth-order valence-corrected chi connectivity index (χ4v) is 2.90. The molecule has 2 rings (SSSR count). The molecule has 5 nitrogen and oxygen atoms in total. The zero-order valence-corrected chi connectivity index (χ0v) is 10.9. The summed E-state index contributed by atoms with van der Waals surface area (Å²) < 4.78 is 9.70. The molecule has 96 valence electrons. The van der Waals surface area contributed by atoms with Crippen molar-refractivity contribution < 1.29 is 9.84 Å². The highest BCUT2D eigenvalue weighted by molar-refractivity contribution is 7.11. The Morgan fingerprint density at radius 3 is 2.82 bits per heavy atom. The Labute approximate surface area is 105 Å². The first-order valence-electron chi connectivity index (χ1n) is 6.00. The van der Waals surface area contributed by atoms with Crippen LogP contribution >= 0.6 is 11.5 Å². The monoisotopic (exact) mass is 257 g/mol. The Morgan fingerprint density at radius 2 is 2.24 bits per heavy atom. The van der Waals surface area contributed by atoms with Gasteiger partial charge in [0, 0.05) is 19.7 Å². The van der Waals surface area contributed by atoms with Crippen LogP contribution in [0.25, 0.3) is 0 Å². The van der Waals surface area contributed by atoms with Crippen LogP contribution in [0.5, 0.6) is 5.75 Å². The molecular formula is C11H19N3O2S. The van der Waals surface area contributed by atoms with Crippen LogP contribution < -0.4 is 15.4 Å². The Bertz CT molecular complexity index is 362. The standard InChI is InChI=1S/C11H19N3O2S/c1-2-16-9-10(12)13-17-11(9)14-5-3-8(7-15)4-6-14/h8,15H,2-7H2,1H3,(H2,12,13). The van der Waals surface area contributed by atoms with Gasteiger partial charge in [0.15, 0.2) is 16.6 Å². The topological polar surface area (TPSA) is 71.6 Å². The van der Waals surface area contributed by atoms with Gasteiger partial charge in [0.25, 0.3) is 0 Å². The van der Waals surface area contributed by atoms with Crippen LogP contribution in [-0.4, -0.2) is 35.8 Å². The first-order chi connectivity index (χ1) is 8.26. The van der Waals surface area contributed by atoms with E-state index in [0.29, 0.717) is 18.3 Å². The molecule has 0 aromatic carbocycles. The maximum Gasteiger partial charge on any atom is 0.197 e. The minimum Gasteiger partial charge on any atom is -0.487 e. The second kappa shape index (κ2) is 5.55. The summed E-state index contributed by atoms with van der Waals surface area (Å²) >= 11 is 1.39. The van der Waals surface area contributed by atoms with Crippen LogP contribution in [-0.2, 0) is 0 Å². The first-order valence-corrected chi connectivity index (χ1v) is 6.77. The number of piperidine rings is 1. The summed E-state index contributed by atoms with van der Waals surface area (Å²) in [4.78, 5) is 2.26. The minimum atomic E-state index is 0.289. The number of anilines is 2. The zero-order valence-electron chi connectivity index (χ0n) is 10.1. The van der Waals surface area contributed by atoms with Crippen LogP contribution in [0.2, 0.25) is 0 Å². The van der Waals surface area contributed by atoms with E-state index in [9.17, 15) is 0 Å². The van der Waals surface area contributed by atoms with Gasteiger partial charge in [-0.25, -0.2) is 0 Å². The van der Waals surface area contributed by atoms with E-state index in [2.05, 4.69) is 9.27 Å². The van der Waals surface area contributed by atoms with Gasteiger partial charge in [0.05, 0.1) is 6.61 Å². The zero-order chi connectivity index (χ0) is 12.3. The van der Waals surface area contributed by atoms with Crippen LogP contribution in [0.15, 0.2) is 0 Å². The van der Waals surface area contributed by atoms with Crippen molar-refractivity contribution in [2.24, 2.45) is 5.92 Å². The Morgan fingerprint density at radius 1 is 1.53 bits per heavy atom. The Kier molecular flexibility index (Phi) is 4.06. The number of aromatic nitrogens is 1. The molecular weight excluding hydrogens is 238 g/mol. The van der Waals surface area contributed by atoms with E-state index < -0.39 is 0 Å². The highest BCUT2D eigenvalue weighted by Gasteiger charge is 2.24. The third kappa shape index (κ3) is 2.63. The average molecular weight is 257 g/mol. The molecule has 1 aromatic heterocycles. The van der Waals surface area contributed by atoms with Gasteiger partial charge in [-0.2, -0.15) is 4.37 Å². The van der Waals surface area contributed by atoms with Crippen molar-refractivity contribution >= 4 is 22.4 Å². The number of rotatable bonds is 4. The summed E-state index contributed by atoms with van der Waals surface area (Å²) in [6, 6.07) is 0. The van der Waals surface area contributed by atoms with Crippen molar-refractivity contribution in [1.29, 1.82) is 0 Å². The second-order valence-electron chi connectivity index (χ2n) is 4.25. The van der Waals surface area contributed by atoms with Crippen LogP contribution in [0.4, 0.5) is 10.8 Å². The Balaban J connectivity index is 2.07. The van der Waals surface area contributed by atoms with E-state index in [1.54, 1.807) is 0 Å². The summed E-state index contributed by atoms with van der Waals surface area (Å²) in [6.45, 7) is 4.71. The third-order valence-electron chi connectivity index (χ3n) is 3.11. The predicted octanol–water partition coefficient (Wildman–Crippen LogP) is 1.33. The lowest BCUT2D eigenvalue weighted by Crippen LogP contribution is -2.34. The summed E-state index contributed by atoms with van der Waals surface area (Å²) in [7, 11) is 0.